The molecule has 2 heterocycles. The lowest BCUT2D eigenvalue weighted by Gasteiger charge is -2.30. The molecule has 0 saturated heterocycles. The zero-order chi connectivity index (χ0) is 11.7. The fourth-order valence-electron chi connectivity index (χ4n) is 1.96. The largest absolute Gasteiger partial charge is 0.399 e. The van der Waals surface area contributed by atoms with Gasteiger partial charge in [-0.2, -0.15) is 0 Å². The van der Waals surface area contributed by atoms with Crippen LogP contribution in [0.2, 0.25) is 0 Å². The van der Waals surface area contributed by atoms with E-state index in [9.17, 15) is 0 Å². The fraction of sp³-hybridized carbons (Fsp3) is 0.250. The van der Waals surface area contributed by atoms with Crippen molar-refractivity contribution in [1.82, 2.24) is 4.98 Å². The monoisotopic (exact) mass is 263 g/mol. The summed E-state index contributed by atoms with van der Waals surface area (Å²) in [7, 11) is 0. The number of nitrogens with zero attached hydrogens (tertiary/aromatic N) is 2. The molecule has 0 amide bonds. The lowest BCUT2D eigenvalue weighted by Crippen LogP contribution is -2.28. The molecule has 3 rings (SSSR count). The topological polar surface area (TPSA) is 42.1 Å². The number of thiazole rings is 1. The number of thioether (sulfide) groups is 1. The molecule has 5 heteroatoms. The molecule has 1 aliphatic rings. The minimum Gasteiger partial charge on any atom is -0.399 e. The predicted octanol–water partition coefficient (Wildman–Crippen LogP) is 2.84. The van der Waals surface area contributed by atoms with E-state index in [1.807, 2.05) is 29.5 Å². The van der Waals surface area contributed by atoms with Crippen LogP contribution >= 0.6 is 23.1 Å². The summed E-state index contributed by atoms with van der Waals surface area (Å²) in [5, 5.41) is 0. The van der Waals surface area contributed by atoms with Gasteiger partial charge in [-0.15, -0.1) is 23.1 Å². The Morgan fingerprint density at radius 1 is 1.41 bits per heavy atom. The Bertz CT molecular complexity index is 510. The van der Waals surface area contributed by atoms with Crippen LogP contribution in [0.15, 0.2) is 34.8 Å². The number of fused-ring (bicyclic) bond motifs is 1. The smallest absolute Gasteiger partial charge is 0.0794 e. The molecule has 0 saturated carbocycles. The first-order valence-electron chi connectivity index (χ1n) is 5.47. The molecule has 0 radical (unpaired) electrons. The number of anilines is 2. The number of hydrogen-bond donors (Lipinski definition) is 1. The Balaban J connectivity index is 1.90. The summed E-state index contributed by atoms with van der Waals surface area (Å²) < 4.78 is 0. The second kappa shape index (κ2) is 4.58. The van der Waals surface area contributed by atoms with Gasteiger partial charge in [-0.05, 0) is 18.2 Å². The Kier molecular flexibility index (Phi) is 2.94. The number of nitrogens with two attached hydrogens (primary N) is 1. The summed E-state index contributed by atoms with van der Waals surface area (Å²) in [6.07, 6.45) is 1.94. The van der Waals surface area contributed by atoms with E-state index < -0.39 is 0 Å². The number of aromatic nitrogens is 1. The fourth-order valence-corrected chi connectivity index (χ4v) is 3.60. The molecule has 1 aromatic carbocycles. The summed E-state index contributed by atoms with van der Waals surface area (Å²) in [5.41, 5.74) is 9.85. The van der Waals surface area contributed by atoms with Crippen molar-refractivity contribution in [3.8, 4) is 0 Å². The molecule has 2 aromatic rings. The van der Waals surface area contributed by atoms with Crippen LogP contribution in [0.25, 0.3) is 0 Å². The van der Waals surface area contributed by atoms with Crippen LogP contribution in [-0.2, 0) is 6.54 Å². The molecule has 0 atom stereocenters. The van der Waals surface area contributed by atoms with Crippen molar-refractivity contribution in [3.63, 3.8) is 0 Å². The van der Waals surface area contributed by atoms with E-state index in [0.29, 0.717) is 0 Å². The summed E-state index contributed by atoms with van der Waals surface area (Å²) in [6.45, 7) is 2.00. The van der Waals surface area contributed by atoms with Gasteiger partial charge in [0.15, 0.2) is 0 Å². The van der Waals surface area contributed by atoms with Gasteiger partial charge in [0.1, 0.15) is 0 Å². The van der Waals surface area contributed by atoms with Gasteiger partial charge < -0.3 is 10.6 Å². The molecule has 2 N–H and O–H groups in total. The van der Waals surface area contributed by atoms with Crippen molar-refractivity contribution < 1.29 is 0 Å². The van der Waals surface area contributed by atoms with Crippen molar-refractivity contribution in [2.24, 2.45) is 0 Å². The highest BCUT2D eigenvalue weighted by Gasteiger charge is 2.18. The van der Waals surface area contributed by atoms with Gasteiger partial charge in [0.2, 0.25) is 0 Å². The van der Waals surface area contributed by atoms with Crippen LogP contribution in [0.5, 0.6) is 0 Å². The van der Waals surface area contributed by atoms with Gasteiger partial charge in [0.25, 0.3) is 0 Å². The maximum Gasteiger partial charge on any atom is 0.0794 e. The van der Waals surface area contributed by atoms with Crippen molar-refractivity contribution in [1.29, 1.82) is 0 Å². The van der Waals surface area contributed by atoms with Crippen LogP contribution in [0.3, 0.4) is 0 Å². The third kappa shape index (κ3) is 2.25. The summed E-state index contributed by atoms with van der Waals surface area (Å²) in [6, 6.07) is 6.17. The highest BCUT2D eigenvalue weighted by molar-refractivity contribution is 7.99. The second-order valence-electron chi connectivity index (χ2n) is 3.96. The van der Waals surface area contributed by atoms with E-state index >= 15 is 0 Å². The molecule has 88 valence electrons. The molecule has 0 fully saturated rings. The zero-order valence-electron chi connectivity index (χ0n) is 9.30. The Morgan fingerprint density at radius 2 is 2.35 bits per heavy atom. The molecule has 0 spiro atoms. The van der Waals surface area contributed by atoms with Crippen LogP contribution in [-0.4, -0.2) is 17.3 Å². The first-order chi connectivity index (χ1) is 8.33. The summed E-state index contributed by atoms with van der Waals surface area (Å²) in [4.78, 5) is 9.13. The van der Waals surface area contributed by atoms with Gasteiger partial charge in [0.05, 0.1) is 17.7 Å². The number of hydrogen-bond acceptors (Lipinski definition) is 5. The van der Waals surface area contributed by atoms with Crippen molar-refractivity contribution in [2.75, 3.05) is 22.9 Å². The van der Waals surface area contributed by atoms with Gasteiger partial charge in [0, 0.05) is 34.0 Å². The first kappa shape index (κ1) is 10.9. The van der Waals surface area contributed by atoms with E-state index in [1.54, 1.807) is 11.3 Å². The van der Waals surface area contributed by atoms with Crippen LogP contribution in [0.4, 0.5) is 11.4 Å². The maximum atomic E-state index is 5.87. The van der Waals surface area contributed by atoms with Crippen molar-refractivity contribution >= 4 is 34.5 Å². The zero-order valence-corrected chi connectivity index (χ0v) is 10.9. The molecule has 0 unspecified atom stereocenters. The maximum absolute atomic E-state index is 5.87. The SMILES string of the molecule is Nc1ccc2c(c1)N(Cc1cncs1)CCS2. The standard InChI is InChI=1S/C12H13N3S2/c13-9-1-2-12-11(5-9)15(3-4-16-12)7-10-6-14-8-17-10/h1-2,5-6,8H,3-4,7,13H2. The number of rotatable bonds is 2. The van der Waals surface area contributed by atoms with E-state index in [1.165, 1.54) is 15.5 Å². The minimum atomic E-state index is 0.834. The quantitative estimate of drug-likeness (QED) is 0.846. The average Bonchev–Trinajstić information content (AvgIpc) is 2.83. The molecule has 17 heavy (non-hydrogen) atoms. The average molecular weight is 263 g/mol. The minimum absolute atomic E-state index is 0.834. The Labute approximate surface area is 109 Å². The number of benzene rings is 1. The second-order valence-corrected chi connectivity index (χ2v) is 6.07. The molecule has 0 bridgehead atoms. The normalized spacial score (nSPS) is 14.7. The third-order valence-corrected chi connectivity index (χ3v) is 4.58. The van der Waals surface area contributed by atoms with Crippen LogP contribution in [0.1, 0.15) is 4.88 Å². The van der Waals surface area contributed by atoms with Crippen LogP contribution < -0.4 is 10.6 Å². The molecule has 1 aromatic heterocycles. The van der Waals surface area contributed by atoms with E-state index in [0.717, 1.165) is 24.5 Å². The van der Waals surface area contributed by atoms with Crippen molar-refractivity contribution in [3.05, 3.63) is 34.8 Å². The molecule has 1 aliphatic heterocycles. The van der Waals surface area contributed by atoms with Gasteiger partial charge >= 0.3 is 0 Å². The Morgan fingerprint density at radius 3 is 3.18 bits per heavy atom. The van der Waals surface area contributed by atoms with Crippen molar-refractivity contribution in [2.45, 2.75) is 11.4 Å². The van der Waals surface area contributed by atoms with Gasteiger partial charge in [-0.1, -0.05) is 0 Å². The summed E-state index contributed by atoms with van der Waals surface area (Å²) in [5.74, 6) is 1.13. The Hall–Kier alpha value is -1.20. The van der Waals surface area contributed by atoms with E-state index in [-0.39, 0.29) is 0 Å². The molecular weight excluding hydrogens is 250 g/mol. The highest BCUT2D eigenvalue weighted by Crippen LogP contribution is 2.36. The lowest BCUT2D eigenvalue weighted by molar-refractivity contribution is 0.826. The van der Waals surface area contributed by atoms with Crippen LogP contribution in [0, 0.1) is 0 Å². The van der Waals surface area contributed by atoms with Gasteiger partial charge in [-0.3, -0.25) is 4.98 Å². The summed E-state index contributed by atoms with van der Waals surface area (Å²) >= 11 is 3.61. The molecule has 3 nitrogen and oxygen atoms in total. The lowest BCUT2D eigenvalue weighted by atomic mass is 10.2. The van der Waals surface area contributed by atoms with Gasteiger partial charge in [-0.25, -0.2) is 0 Å². The first-order valence-corrected chi connectivity index (χ1v) is 7.34. The van der Waals surface area contributed by atoms with E-state index in [4.69, 9.17) is 5.73 Å². The predicted molar refractivity (Wildman–Crippen MR) is 74.7 cm³/mol. The third-order valence-electron chi connectivity index (χ3n) is 2.77. The molecule has 0 aliphatic carbocycles. The van der Waals surface area contributed by atoms with E-state index in [2.05, 4.69) is 22.0 Å². The number of nitrogen functional groups attached to an aromatic ring is 1. The highest BCUT2D eigenvalue weighted by atomic mass is 32.2. The molecular formula is C12H13N3S2.